The lowest BCUT2D eigenvalue weighted by atomic mass is 9.86. The summed E-state index contributed by atoms with van der Waals surface area (Å²) in [6.45, 7) is 3.32. The minimum atomic E-state index is 0.617. The van der Waals surface area contributed by atoms with Crippen LogP contribution in [0.1, 0.15) is 28.3 Å². The van der Waals surface area contributed by atoms with Crippen LogP contribution in [0.5, 0.6) is 0 Å². The summed E-state index contributed by atoms with van der Waals surface area (Å²) in [5.74, 6) is 0.617. The van der Waals surface area contributed by atoms with Gasteiger partial charge in [-0.2, -0.15) is 0 Å². The molecule has 1 aromatic heterocycles. The van der Waals surface area contributed by atoms with E-state index in [2.05, 4.69) is 36.5 Å². The van der Waals surface area contributed by atoms with Crippen LogP contribution in [-0.4, -0.2) is 18.6 Å². The lowest BCUT2D eigenvalue weighted by molar-refractivity contribution is 0.755. The minimum absolute atomic E-state index is 0.617. The maximum atomic E-state index is 4.84. The van der Waals surface area contributed by atoms with Crippen molar-refractivity contribution in [2.45, 2.75) is 25.7 Å². The van der Waals surface area contributed by atoms with E-state index in [0.717, 1.165) is 19.4 Å². The molecule has 0 spiro atoms. The van der Waals surface area contributed by atoms with Gasteiger partial charge in [-0.3, -0.25) is 0 Å². The van der Waals surface area contributed by atoms with Crippen molar-refractivity contribution in [3.8, 4) is 11.3 Å². The first-order valence-electron chi connectivity index (χ1n) is 6.52. The van der Waals surface area contributed by atoms with Crippen molar-refractivity contribution >= 4 is 11.3 Å². The van der Waals surface area contributed by atoms with Gasteiger partial charge in [-0.15, -0.1) is 11.3 Å². The third-order valence-electron chi connectivity index (χ3n) is 3.57. The van der Waals surface area contributed by atoms with E-state index in [1.54, 1.807) is 0 Å². The van der Waals surface area contributed by atoms with Crippen molar-refractivity contribution in [2.24, 2.45) is 0 Å². The lowest BCUT2D eigenvalue weighted by Crippen LogP contribution is -2.10. The highest BCUT2D eigenvalue weighted by Crippen LogP contribution is 2.41. The number of hydrogen-bond acceptors (Lipinski definition) is 3. The highest BCUT2D eigenvalue weighted by atomic mass is 32.1. The molecule has 0 saturated heterocycles. The molecule has 2 aromatic rings. The molecule has 1 heterocycles. The summed E-state index contributed by atoms with van der Waals surface area (Å²) in [4.78, 5) is 6.31. The first-order valence-corrected chi connectivity index (χ1v) is 7.33. The number of benzene rings is 1. The highest BCUT2D eigenvalue weighted by Gasteiger charge is 2.24. The number of fused-ring (bicyclic) bond motifs is 3. The van der Waals surface area contributed by atoms with E-state index in [9.17, 15) is 0 Å². The van der Waals surface area contributed by atoms with Crippen LogP contribution in [0, 0.1) is 0 Å². The number of rotatable bonds is 3. The van der Waals surface area contributed by atoms with Gasteiger partial charge in [0.25, 0.3) is 0 Å². The van der Waals surface area contributed by atoms with Gasteiger partial charge >= 0.3 is 0 Å². The lowest BCUT2D eigenvalue weighted by Gasteiger charge is -2.21. The third-order valence-corrected chi connectivity index (χ3v) is 4.71. The van der Waals surface area contributed by atoms with E-state index < -0.39 is 0 Å². The molecule has 2 nitrogen and oxygen atoms in total. The Balaban J connectivity index is 2.02. The van der Waals surface area contributed by atoms with Gasteiger partial charge in [-0.1, -0.05) is 31.2 Å². The summed E-state index contributed by atoms with van der Waals surface area (Å²) in [5, 5.41) is 4.45. The molecule has 0 fully saturated rings. The van der Waals surface area contributed by atoms with Crippen LogP contribution in [0.25, 0.3) is 11.3 Å². The topological polar surface area (TPSA) is 24.9 Å². The Morgan fingerprint density at radius 1 is 1.39 bits per heavy atom. The van der Waals surface area contributed by atoms with Crippen LogP contribution in [-0.2, 0) is 12.8 Å². The van der Waals surface area contributed by atoms with Crippen molar-refractivity contribution in [1.82, 2.24) is 10.3 Å². The molecule has 1 aromatic carbocycles. The van der Waals surface area contributed by atoms with E-state index in [1.165, 1.54) is 26.7 Å². The predicted octanol–water partition coefficient (Wildman–Crippen LogP) is 3.23. The molecule has 1 aliphatic rings. The van der Waals surface area contributed by atoms with Gasteiger partial charge in [0.15, 0.2) is 0 Å². The number of hydrogen-bond donors (Lipinski definition) is 1. The SMILES string of the molecule is CNCCc1nc2c(s1)CC(C)c1ccccc1-2. The third kappa shape index (κ3) is 1.98. The summed E-state index contributed by atoms with van der Waals surface area (Å²) < 4.78 is 0. The van der Waals surface area contributed by atoms with Gasteiger partial charge in [-0.05, 0) is 24.9 Å². The Bertz CT molecular complexity index is 559. The van der Waals surface area contributed by atoms with Crippen LogP contribution in [0.3, 0.4) is 0 Å². The second kappa shape index (κ2) is 4.82. The van der Waals surface area contributed by atoms with Gasteiger partial charge in [0.2, 0.25) is 0 Å². The number of nitrogens with one attached hydrogen (secondary N) is 1. The molecule has 0 bridgehead atoms. The first kappa shape index (κ1) is 11.9. The van der Waals surface area contributed by atoms with Crippen LogP contribution in [0.2, 0.25) is 0 Å². The number of nitrogens with zero attached hydrogens (tertiary/aromatic N) is 1. The van der Waals surface area contributed by atoms with E-state index in [1.807, 2.05) is 18.4 Å². The van der Waals surface area contributed by atoms with Crippen molar-refractivity contribution < 1.29 is 0 Å². The number of aromatic nitrogens is 1. The normalized spacial score (nSPS) is 17.3. The molecule has 0 aliphatic heterocycles. The maximum absolute atomic E-state index is 4.84. The van der Waals surface area contributed by atoms with Crippen molar-refractivity contribution in [1.29, 1.82) is 0 Å². The zero-order valence-electron chi connectivity index (χ0n) is 10.9. The summed E-state index contributed by atoms with van der Waals surface area (Å²) in [6.07, 6.45) is 2.17. The quantitative estimate of drug-likeness (QED) is 0.914. The first-order chi connectivity index (χ1) is 8.79. The molecular formula is C15H18N2S. The summed E-state index contributed by atoms with van der Waals surface area (Å²) >= 11 is 1.89. The molecule has 0 amide bonds. The smallest absolute Gasteiger partial charge is 0.0948 e. The highest BCUT2D eigenvalue weighted by molar-refractivity contribution is 7.12. The Morgan fingerprint density at radius 3 is 3.06 bits per heavy atom. The van der Waals surface area contributed by atoms with Gasteiger partial charge < -0.3 is 5.32 Å². The average molecular weight is 258 g/mol. The van der Waals surface area contributed by atoms with E-state index in [0.29, 0.717) is 5.92 Å². The number of thiazole rings is 1. The molecule has 3 heteroatoms. The Kier molecular flexibility index (Phi) is 3.18. The molecular weight excluding hydrogens is 240 g/mol. The summed E-state index contributed by atoms with van der Waals surface area (Å²) in [5.41, 5.74) is 4.04. The number of likely N-dealkylation sites (N-methyl/N-ethyl adjacent to an activating group) is 1. The van der Waals surface area contributed by atoms with Crippen molar-refractivity contribution in [3.63, 3.8) is 0 Å². The Hall–Kier alpha value is -1.19. The largest absolute Gasteiger partial charge is 0.319 e. The van der Waals surface area contributed by atoms with E-state index in [-0.39, 0.29) is 0 Å². The molecule has 18 heavy (non-hydrogen) atoms. The van der Waals surface area contributed by atoms with Gasteiger partial charge in [-0.25, -0.2) is 4.98 Å². The fourth-order valence-electron chi connectivity index (χ4n) is 2.62. The molecule has 94 valence electrons. The molecule has 1 N–H and O–H groups in total. The molecule has 1 aliphatic carbocycles. The molecule has 1 atom stereocenters. The van der Waals surface area contributed by atoms with E-state index in [4.69, 9.17) is 4.98 Å². The fraction of sp³-hybridized carbons (Fsp3) is 0.400. The minimum Gasteiger partial charge on any atom is -0.319 e. The predicted molar refractivity (Wildman–Crippen MR) is 77.3 cm³/mol. The zero-order valence-corrected chi connectivity index (χ0v) is 11.7. The maximum Gasteiger partial charge on any atom is 0.0948 e. The van der Waals surface area contributed by atoms with Crippen LogP contribution >= 0.6 is 11.3 Å². The van der Waals surface area contributed by atoms with Crippen LogP contribution in [0.15, 0.2) is 24.3 Å². The summed E-state index contributed by atoms with van der Waals surface area (Å²) in [6, 6.07) is 8.71. The average Bonchev–Trinajstić information content (AvgIpc) is 2.80. The Labute approximate surface area is 112 Å². The zero-order chi connectivity index (χ0) is 12.5. The van der Waals surface area contributed by atoms with Gasteiger partial charge in [0.05, 0.1) is 10.7 Å². The van der Waals surface area contributed by atoms with Crippen molar-refractivity contribution in [2.75, 3.05) is 13.6 Å². The van der Waals surface area contributed by atoms with E-state index >= 15 is 0 Å². The molecule has 0 radical (unpaired) electrons. The Morgan fingerprint density at radius 2 is 2.22 bits per heavy atom. The molecule has 1 unspecified atom stereocenters. The summed E-state index contributed by atoms with van der Waals surface area (Å²) in [7, 11) is 1.99. The van der Waals surface area contributed by atoms with Crippen molar-refractivity contribution in [3.05, 3.63) is 39.7 Å². The second-order valence-corrected chi connectivity index (χ2v) is 6.09. The fourth-order valence-corrected chi connectivity index (χ4v) is 3.83. The monoisotopic (exact) mass is 258 g/mol. The van der Waals surface area contributed by atoms with Crippen LogP contribution in [0.4, 0.5) is 0 Å². The standard InChI is InChI=1S/C15H18N2S/c1-10-9-13-15(12-6-4-3-5-11(10)12)17-14(18-13)7-8-16-2/h3-6,10,16H,7-9H2,1-2H3. The second-order valence-electron chi connectivity index (χ2n) is 4.93. The van der Waals surface area contributed by atoms with Gasteiger partial charge in [0.1, 0.15) is 0 Å². The molecule has 3 rings (SSSR count). The molecule has 0 saturated carbocycles. The van der Waals surface area contributed by atoms with Gasteiger partial charge in [0, 0.05) is 23.4 Å². The van der Waals surface area contributed by atoms with Crippen LogP contribution < -0.4 is 5.32 Å².